The molecule has 0 fully saturated rings. The Hall–Kier alpha value is -0.0400. The summed E-state index contributed by atoms with van der Waals surface area (Å²) in [5.41, 5.74) is 0. The molecule has 0 aliphatic heterocycles. The lowest BCUT2D eigenvalue weighted by atomic mass is 9.98. The van der Waals surface area contributed by atoms with Crippen LogP contribution in [0.5, 0.6) is 0 Å². The fraction of sp³-hybridized carbons (Fsp3) is 1.00. The van der Waals surface area contributed by atoms with Crippen molar-refractivity contribution in [2.24, 2.45) is 11.8 Å². The van der Waals surface area contributed by atoms with E-state index in [0.29, 0.717) is 11.8 Å². The first-order valence-electron chi connectivity index (χ1n) is 3.72. The van der Waals surface area contributed by atoms with E-state index in [-0.39, 0.29) is 6.10 Å². The zero-order valence-corrected chi connectivity index (χ0v) is 6.89. The summed E-state index contributed by atoms with van der Waals surface area (Å²) < 4.78 is 0. The average molecular weight is 130 g/mol. The van der Waals surface area contributed by atoms with Gasteiger partial charge in [0.25, 0.3) is 0 Å². The van der Waals surface area contributed by atoms with Gasteiger partial charge >= 0.3 is 0 Å². The van der Waals surface area contributed by atoms with E-state index in [9.17, 15) is 5.11 Å². The highest BCUT2D eigenvalue weighted by Crippen LogP contribution is 2.11. The second kappa shape index (κ2) is 3.89. The summed E-state index contributed by atoms with van der Waals surface area (Å²) in [6.45, 7) is 8.36. The maximum absolute atomic E-state index is 9.30. The largest absolute Gasteiger partial charge is 0.393 e. The van der Waals surface area contributed by atoms with Gasteiger partial charge in [-0.2, -0.15) is 0 Å². The summed E-state index contributed by atoms with van der Waals surface area (Å²) in [6.07, 6.45) is 0.822. The van der Waals surface area contributed by atoms with Crippen molar-refractivity contribution in [2.45, 2.75) is 40.2 Å². The monoisotopic (exact) mass is 130 g/mol. The van der Waals surface area contributed by atoms with Gasteiger partial charge in [-0.1, -0.05) is 27.7 Å². The van der Waals surface area contributed by atoms with Crippen LogP contribution in [0.1, 0.15) is 34.1 Å². The Labute approximate surface area is 58.1 Å². The highest BCUT2D eigenvalue weighted by molar-refractivity contribution is 4.61. The highest BCUT2D eigenvalue weighted by Gasteiger charge is 2.09. The fourth-order valence-corrected chi connectivity index (χ4v) is 0.755. The molecular formula is C8H18O. The normalized spacial score (nSPS) is 15.0. The minimum atomic E-state index is -0.106. The summed E-state index contributed by atoms with van der Waals surface area (Å²) in [5.74, 6) is 1.02. The Morgan fingerprint density at radius 3 is 1.67 bits per heavy atom. The molecule has 0 saturated heterocycles. The molecule has 0 aromatic rings. The van der Waals surface area contributed by atoms with Gasteiger partial charge in [-0.25, -0.2) is 0 Å². The van der Waals surface area contributed by atoms with Crippen molar-refractivity contribution in [3.63, 3.8) is 0 Å². The third kappa shape index (κ3) is 4.46. The number of hydrogen-bond donors (Lipinski definition) is 1. The molecule has 0 aliphatic rings. The van der Waals surface area contributed by atoms with E-state index < -0.39 is 0 Å². The van der Waals surface area contributed by atoms with Crippen molar-refractivity contribution < 1.29 is 5.11 Å². The molecule has 1 atom stereocenters. The van der Waals surface area contributed by atoms with Crippen LogP contribution in [-0.2, 0) is 0 Å². The minimum absolute atomic E-state index is 0.106. The van der Waals surface area contributed by atoms with Gasteiger partial charge in [0.15, 0.2) is 0 Å². The lowest BCUT2D eigenvalue weighted by Gasteiger charge is -2.15. The molecule has 0 unspecified atom stereocenters. The summed E-state index contributed by atoms with van der Waals surface area (Å²) in [5, 5.41) is 9.30. The van der Waals surface area contributed by atoms with Crippen LogP contribution in [-0.4, -0.2) is 11.2 Å². The first kappa shape index (κ1) is 8.96. The molecule has 0 saturated carbocycles. The molecule has 1 heteroatoms. The average Bonchev–Trinajstić information content (AvgIpc) is 1.63. The van der Waals surface area contributed by atoms with E-state index in [1.807, 2.05) is 13.8 Å². The van der Waals surface area contributed by atoms with Gasteiger partial charge in [0.2, 0.25) is 0 Å². The van der Waals surface area contributed by atoms with Crippen LogP contribution in [0, 0.1) is 11.8 Å². The van der Waals surface area contributed by atoms with Crippen LogP contribution in [0.15, 0.2) is 0 Å². The molecular weight excluding hydrogens is 112 g/mol. The predicted molar refractivity (Wildman–Crippen MR) is 40.3 cm³/mol. The first-order valence-corrected chi connectivity index (χ1v) is 3.72. The molecule has 0 amide bonds. The third-order valence-corrected chi connectivity index (χ3v) is 1.48. The maximum atomic E-state index is 9.30. The molecule has 1 N–H and O–H groups in total. The van der Waals surface area contributed by atoms with Crippen molar-refractivity contribution in [1.29, 1.82) is 0 Å². The molecule has 1 nitrogen and oxygen atoms in total. The number of aliphatic hydroxyl groups is 1. The van der Waals surface area contributed by atoms with Gasteiger partial charge in [0, 0.05) is 0 Å². The molecule has 0 heterocycles. The highest BCUT2D eigenvalue weighted by atomic mass is 16.3. The molecule has 0 rings (SSSR count). The Kier molecular flexibility index (Phi) is 3.87. The van der Waals surface area contributed by atoms with Crippen molar-refractivity contribution in [3.05, 3.63) is 0 Å². The molecule has 0 spiro atoms. The number of aliphatic hydroxyl groups excluding tert-OH is 1. The molecule has 9 heavy (non-hydrogen) atoms. The van der Waals surface area contributed by atoms with Crippen molar-refractivity contribution in [3.8, 4) is 0 Å². The van der Waals surface area contributed by atoms with E-state index >= 15 is 0 Å². The fourth-order valence-electron chi connectivity index (χ4n) is 0.755. The van der Waals surface area contributed by atoms with Gasteiger partial charge in [0.1, 0.15) is 0 Å². The molecule has 0 bridgehead atoms. The Balaban J connectivity index is 3.38. The van der Waals surface area contributed by atoms with E-state index in [1.54, 1.807) is 0 Å². The van der Waals surface area contributed by atoms with Gasteiger partial charge in [0.05, 0.1) is 6.10 Å². The smallest absolute Gasteiger partial charge is 0.0565 e. The van der Waals surface area contributed by atoms with Crippen LogP contribution in [0.2, 0.25) is 0 Å². The standard InChI is InChI=1S/C8H18O/c1-6(2)5-8(9)7(3)4/h6-9H,5H2,1-4H3/t8-/m0/s1. The van der Waals surface area contributed by atoms with Crippen LogP contribution in [0.25, 0.3) is 0 Å². The van der Waals surface area contributed by atoms with Crippen LogP contribution in [0.3, 0.4) is 0 Å². The Morgan fingerprint density at radius 2 is 1.56 bits per heavy atom. The Bertz CT molecular complexity index is 67.0. The molecule has 0 aromatic heterocycles. The predicted octanol–water partition coefficient (Wildman–Crippen LogP) is 2.05. The van der Waals surface area contributed by atoms with E-state index in [4.69, 9.17) is 0 Å². The third-order valence-electron chi connectivity index (χ3n) is 1.48. The molecule has 0 aromatic carbocycles. The van der Waals surface area contributed by atoms with Gasteiger partial charge in [-0.3, -0.25) is 0 Å². The first-order chi connectivity index (χ1) is 4.04. The topological polar surface area (TPSA) is 20.2 Å². The van der Waals surface area contributed by atoms with E-state index in [1.165, 1.54) is 0 Å². The van der Waals surface area contributed by atoms with E-state index in [2.05, 4.69) is 13.8 Å². The van der Waals surface area contributed by atoms with Crippen LogP contribution in [0.4, 0.5) is 0 Å². The van der Waals surface area contributed by atoms with Gasteiger partial charge < -0.3 is 5.11 Å². The van der Waals surface area contributed by atoms with Crippen molar-refractivity contribution in [1.82, 2.24) is 0 Å². The molecule has 0 aliphatic carbocycles. The quantitative estimate of drug-likeness (QED) is 0.620. The minimum Gasteiger partial charge on any atom is -0.393 e. The van der Waals surface area contributed by atoms with Crippen molar-refractivity contribution >= 4 is 0 Å². The Morgan fingerprint density at radius 1 is 1.11 bits per heavy atom. The number of rotatable bonds is 3. The van der Waals surface area contributed by atoms with Crippen LogP contribution < -0.4 is 0 Å². The summed E-state index contributed by atoms with van der Waals surface area (Å²) in [7, 11) is 0. The molecule has 0 radical (unpaired) electrons. The lowest BCUT2D eigenvalue weighted by Crippen LogP contribution is -2.16. The zero-order valence-electron chi connectivity index (χ0n) is 6.89. The molecule has 56 valence electrons. The second-order valence-corrected chi connectivity index (χ2v) is 3.44. The summed E-state index contributed by atoms with van der Waals surface area (Å²) in [4.78, 5) is 0. The van der Waals surface area contributed by atoms with Crippen LogP contribution >= 0.6 is 0 Å². The summed E-state index contributed by atoms with van der Waals surface area (Å²) >= 11 is 0. The maximum Gasteiger partial charge on any atom is 0.0565 e. The summed E-state index contributed by atoms with van der Waals surface area (Å²) in [6, 6.07) is 0. The van der Waals surface area contributed by atoms with Gasteiger partial charge in [-0.05, 0) is 18.3 Å². The SMILES string of the molecule is CC(C)C[C@H](O)C(C)C. The number of hydrogen-bond acceptors (Lipinski definition) is 1. The zero-order chi connectivity index (χ0) is 7.44. The van der Waals surface area contributed by atoms with E-state index in [0.717, 1.165) is 6.42 Å². The van der Waals surface area contributed by atoms with Crippen molar-refractivity contribution in [2.75, 3.05) is 0 Å². The van der Waals surface area contributed by atoms with Gasteiger partial charge in [-0.15, -0.1) is 0 Å². The lowest BCUT2D eigenvalue weighted by molar-refractivity contribution is 0.103. The second-order valence-electron chi connectivity index (χ2n) is 3.44.